The largest absolute Gasteiger partial charge is 0.481 e. The number of hydrogen-bond donors (Lipinski definition) is 1. The van der Waals surface area contributed by atoms with Gasteiger partial charge in [-0.1, -0.05) is 13.8 Å². The third kappa shape index (κ3) is 2.90. The fourth-order valence-electron chi connectivity index (χ4n) is 1.36. The van der Waals surface area contributed by atoms with E-state index in [2.05, 4.69) is 20.9 Å². The molecule has 0 fully saturated rings. The van der Waals surface area contributed by atoms with Gasteiger partial charge < -0.3 is 9.57 Å². The quantitative estimate of drug-likeness (QED) is 0.854. The van der Waals surface area contributed by atoms with Crippen molar-refractivity contribution < 1.29 is 9.57 Å². The van der Waals surface area contributed by atoms with Gasteiger partial charge in [0.2, 0.25) is 5.88 Å². The zero-order valence-electron chi connectivity index (χ0n) is 9.08. The van der Waals surface area contributed by atoms with E-state index in [-0.39, 0.29) is 5.41 Å². The molecule has 0 aliphatic rings. The molecule has 1 aromatic rings. The molecule has 0 aliphatic heterocycles. The van der Waals surface area contributed by atoms with Gasteiger partial charge in [0.1, 0.15) is 0 Å². The SMILES string of the molecule is COc1ncc(Br)cc1C(C)(C)CON. The Morgan fingerprint density at radius 2 is 2.20 bits per heavy atom. The first-order valence-electron chi connectivity index (χ1n) is 4.53. The molecule has 4 nitrogen and oxygen atoms in total. The van der Waals surface area contributed by atoms with Gasteiger partial charge in [0.15, 0.2) is 0 Å². The monoisotopic (exact) mass is 274 g/mol. The van der Waals surface area contributed by atoms with E-state index in [4.69, 9.17) is 15.5 Å². The van der Waals surface area contributed by atoms with E-state index >= 15 is 0 Å². The molecule has 84 valence electrons. The average molecular weight is 275 g/mol. The number of nitrogens with two attached hydrogens (primary N) is 1. The molecule has 1 rings (SSSR count). The van der Waals surface area contributed by atoms with Crippen molar-refractivity contribution in [1.29, 1.82) is 0 Å². The zero-order valence-corrected chi connectivity index (χ0v) is 10.7. The Morgan fingerprint density at radius 1 is 1.53 bits per heavy atom. The van der Waals surface area contributed by atoms with Crippen LogP contribution in [0.4, 0.5) is 0 Å². The standard InChI is InChI=1S/C10H15BrN2O2/c1-10(2,6-15-12)8-4-7(11)5-13-9(8)14-3/h4-5H,6,12H2,1-3H3. The third-order valence-electron chi connectivity index (χ3n) is 2.18. The lowest BCUT2D eigenvalue weighted by Crippen LogP contribution is -2.27. The van der Waals surface area contributed by atoms with E-state index in [0.29, 0.717) is 12.5 Å². The number of ether oxygens (including phenoxy) is 1. The van der Waals surface area contributed by atoms with Gasteiger partial charge in [-0.15, -0.1) is 0 Å². The van der Waals surface area contributed by atoms with Crippen molar-refractivity contribution in [3.05, 3.63) is 22.3 Å². The van der Waals surface area contributed by atoms with Crippen LogP contribution in [0.15, 0.2) is 16.7 Å². The number of hydrogen-bond acceptors (Lipinski definition) is 4. The van der Waals surface area contributed by atoms with Crippen LogP contribution >= 0.6 is 15.9 Å². The number of halogens is 1. The zero-order chi connectivity index (χ0) is 11.5. The summed E-state index contributed by atoms with van der Waals surface area (Å²) in [5.41, 5.74) is 0.724. The maximum atomic E-state index is 5.20. The van der Waals surface area contributed by atoms with E-state index in [1.54, 1.807) is 13.3 Å². The number of rotatable bonds is 4. The Morgan fingerprint density at radius 3 is 2.73 bits per heavy atom. The van der Waals surface area contributed by atoms with E-state index in [0.717, 1.165) is 10.0 Å². The van der Waals surface area contributed by atoms with Gasteiger partial charge in [0.25, 0.3) is 0 Å². The van der Waals surface area contributed by atoms with Crippen LogP contribution in [0.5, 0.6) is 5.88 Å². The molecule has 2 N–H and O–H groups in total. The molecule has 5 heteroatoms. The first-order valence-corrected chi connectivity index (χ1v) is 5.32. The fourth-order valence-corrected chi connectivity index (χ4v) is 1.69. The fraction of sp³-hybridized carbons (Fsp3) is 0.500. The molecule has 0 saturated carbocycles. The van der Waals surface area contributed by atoms with Gasteiger partial charge in [-0.2, -0.15) is 0 Å². The molecule has 1 aromatic heterocycles. The van der Waals surface area contributed by atoms with Crippen molar-refractivity contribution in [1.82, 2.24) is 4.98 Å². The molecule has 0 aromatic carbocycles. The average Bonchev–Trinajstić information content (AvgIpc) is 2.17. The highest BCUT2D eigenvalue weighted by atomic mass is 79.9. The molecule has 0 bridgehead atoms. The third-order valence-corrected chi connectivity index (χ3v) is 2.62. The summed E-state index contributed by atoms with van der Waals surface area (Å²) < 4.78 is 6.11. The normalized spacial score (nSPS) is 11.5. The van der Waals surface area contributed by atoms with Crippen LogP contribution in [0.3, 0.4) is 0 Å². The molecule has 0 atom stereocenters. The van der Waals surface area contributed by atoms with Crippen molar-refractivity contribution in [2.45, 2.75) is 19.3 Å². The summed E-state index contributed by atoms with van der Waals surface area (Å²) in [5, 5.41) is 0. The molecule has 0 amide bonds. The predicted octanol–water partition coefficient (Wildman–Crippen LogP) is 2.02. The minimum Gasteiger partial charge on any atom is -0.481 e. The number of methoxy groups -OCH3 is 1. The molecule has 0 spiro atoms. The maximum absolute atomic E-state index is 5.20. The summed E-state index contributed by atoms with van der Waals surface area (Å²) in [6, 6.07) is 1.96. The van der Waals surface area contributed by atoms with Crippen LogP contribution in [-0.4, -0.2) is 18.7 Å². The second-order valence-corrected chi connectivity index (χ2v) is 4.82. The van der Waals surface area contributed by atoms with E-state index in [1.807, 2.05) is 19.9 Å². The molecule has 1 heterocycles. The Labute approximate surface area is 97.9 Å². The van der Waals surface area contributed by atoms with Gasteiger partial charge in [-0.25, -0.2) is 10.9 Å². The number of aromatic nitrogens is 1. The second kappa shape index (κ2) is 4.92. The van der Waals surface area contributed by atoms with Crippen LogP contribution in [0, 0.1) is 0 Å². The van der Waals surface area contributed by atoms with E-state index in [9.17, 15) is 0 Å². The molecule has 0 saturated heterocycles. The van der Waals surface area contributed by atoms with Crippen molar-refractivity contribution in [3.63, 3.8) is 0 Å². The Bertz CT molecular complexity index is 342. The number of nitrogens with zero attached hydrogens (tertiary/aromatic N) is 1. The minimum atomic E-state index is -0.239. The first-order chi connectivity index (χ1) is 7.01. The lowest BCUT2D eigenvalue weighted by atomic mass is 9.86. The first kappa shape index (κ1) is 12.4. The Balaban J connectivity index is 3.15. The molecule has 0 radical (unpaired) electrons. The predicted molar refractivity (Wildman–Crippen MR) is 61.7 cm³/mol. The Hall–Kier alpha value is -0.650. The van der Waals surface area contributed by atoms with E-state index < -0.39 is 0 Å². The highest BCUT2D eigenvalue weighted by Crippen LogP contribution is 2.31. The van der Waals surface area contributed by atoms with Gasteiger partial charge in [0.05, 0.1) is 13.7 Å². The van der Waals surface area contributed by atoms with Gasteiger partial charge in [-0.05, 0) is 22.0 Å². The van der Waals surface area contributed by atoms with Gasteiger partial charge in [-0.3, -0.25) is 0 Å². The van der Waals surface area contributed by atoms with Crippen LogP contribution in [-0.2, 0) is 10.3 Å². The maximum Gasteiger partial charge on any atom is 0.216 e. The number of pyridine rings is 1. The Kier molecular flexibility index (Phi) is 4.07. The summed E-state index contributed by atoms with van der Waals surface area (Å²) in [5.74, 6) is 5.71. The van der Waals surface area contributed by atoms with Gasteiger partial charge in [0, 0.05) is 21.6 Å². The molecular weight excluding hydrogens is 260 g/mol. The topological polar surface area (TPSA) is 57.4 Å². The highest BCUT2D eigenvalue weighted by Gasteiger charge is 2.25. The van der Waals surface area contributed by atoms with Crippen molar-refractivity contribution in [2.75, 3.05) is 13.7 Å². The lowest BCUT2D eigenvalue weighted by Gasteiger charge is -2.25. The second-order valence-electron chi connectivity index (χ2n) is 3.91. The molecule has 0 unspecified atom stereocenters. The highest BCUT2D eigenvalue weighted by molar-refractivity contribution is 9.10. The smallest absolute Gasteiger partial charge is 0.216 e. The minimum absolute atomic E-state index is 0.239. The van der Waals surface area contributed by atoms with Crippen molar-refractivity contribution >= 4 is 15.9 Å². The summed E-state index contributed by atoms with van der Waals surface area (Å²) >= 11 is 3.38. The van der Waals surface area contributed by atoms with E-state index in [1.165, 1.54) is 0 Å². The lowest BCUT2D eigenvalue weighted by molar-refractivity contribution is 0.0951. The summed E-state index contributed by atoms with van der Waals surface area (Å²) in [6.07, 6.45) is 1.70. The van der Waals surface area contributed by atoms with Crippen molar-refractivity contribution in [2.24, 2.45) is 5.90 Å². The summed E-state index contributed by atoms with van der Waals surface area (Å²) in [6.45, 7) is 4.44. The molecular formula is C10H15BrN2O2. The van der Waals surface area contributed by atoms with Crippen molar-refractivity contribution in [3.8, 4) is 5.88 Å². The molecule has 0 aliphatic carbocycles. The van der Waals surface area contributed by atoms with Crippen LogP contribution in [0.1, 0.15) is 19.4 Å². The summed E-state index contributed by atoms with van der Waals surface area (Å²) in [7, 11) is 1.60. The summed E-state index contributed by atoms with van der Waals surface area (Å²) in [4.78, 5) is 8.88. The van der Waals surface area contributed by atoms with Crippen LogP contribution < -0.4 is 10.6 Å². The van der Waals surface area contributed by atoms with Crippen LogP contribution in [0.2, 0.25) is 0 Å². The van der Waals surface area contributed by atoms with Gasteiger partial charge >= 0.3 is 0 Å². The van der Waals surface area contributed by atoms with Crippen LogP contribution in [0.25, 0.3) is 0 Å². The molecule has 15 heavy (non-hydrogen) atoms.